The molecule has 0 radical (unpaired) electrons. The van der Waals surface area contributed by atoms with Crippen LogP contribution in [0.15, 0.2) is 96.0 Å². The molecule has 0 unspecified atom stereocenters. The second kappa shape index (κ2) is 10.8. The standard InChI is InChI=1S/C33H25N3O5S/c37-31(34-25-11-12-28-29(17-25)41-14-13-40-28)20-36-32(38)30(42-33(36)39)16-24-19-35(27-8-4-3-7-26(24)27)18-21-9-10-22-5-1-2-6-23(22)15-21/h1-12,15-17,19H,13-14,18,20H2,(H,34,37)/b30-16-. The number of amides is 3. The van der Waals surface area contributed by atoms with Crippen LogP contribution in [0.3, 0.4) is 0 Å². The number of nitrogens with zero attached hydrogens (tertiary/aromatic N) is 2. The first-order valence-corrected chi connectivity index (χ1v) is 14.3. The van der Waals surface area contributed by atoms with E-state index in [0.29, 0.717) is 36.9 Å². The van der Waals surface area contributed by atoms with E-state index in [0.717, 1.165) is 38.7 Å². The van der Waals surface area contributed by atoms with Gasteiger partial charge < -0.3 is 19.4 Å². The number of ether oxygens (including phenoxy) is 2. The number of imide groups is 1. The van der Waals surface area contributed by atoms with Crippen LogP contribution in [0, 0.1) is 0 Å². The molecule has 8 nitrogen and oxygen atoms in total. The number of carbonyl (C=O) groups is 3. The van der Waals surface area contributed by atoms with Gasteiger partial charge in [-0.05, 0) is 58.4 Å². The number of rotatable bonds is 6. The Morgan fingerprint density at radius 2 is 1.67 bits per heavy atom. The van der Waals surface area contributed by atoms with E-state index in [1.54, 1.807) is 24.3 Å². The van der Waals surface area contributed by atoms with Crippen LogP contribution in [0.1, 0.15) is 11.1 Å². The van der Waals surface area contributed by atoms with E-state index in [9.17, 15) is 14.4 Å². The maximum absolute atomic E-state index is 13.3. The monoisotopic (exact) mass is 575 g/mol. The molecule has 3 amide bonds. The SMILES string of the molecule is O=C(CN1C(=O)S/C(=C\c2cn(Cc3ccc4ccccc4c3)c3ccccc23)C1=O)Nc1ccc2c(c1)OCCO2. The van der Waals surface area contributed by atoms with Crippen molar-refractivity contribution in [1.82, 2.24) is 9.47 Å². The van der Waals surface area contributed by atoms with E-state index < -0.39 is 17.1 Å². The lowest BCUT2D eigenvalue weighted by atomic mass is 10.1. The fourth-order valence-corrected chi connectivity index (χ4v) is 6.13. The summed E-state index contributed by atoms with van der Waals surface area (Å²) in [6.45, 7) is 1.16. The van der Waals surface area contributed by atoms with Crippen LogP contribution in [0.2, 0.25) is 0 Å². The molecular weight excluding hydrogens is 550 g/mol. The zero-order valence-corrected chi connectivity index (χ0v) is 23.2. The van der Waals surface area contributed by atoms with Gasteiger partial charge in [-0.2, -0.15) is 0 Å². The van der Waals surface area contributed by atoms with Crippen molar-refractivity contribution in [3.05, 3.63) is 107 Å². The molecule has 1 N–H and O–H groups in total. The minimum absolute atomic E-state index is 0.278. The molecule has 9 heteroatoms. The van der Waals surface area contributed by atoms with Crippen LogP contribution in [-0.2, 0) is 16.1 Å². The lowest BCUT2D eigenvalue weighted by Crippen LogP contribution is -2.36. The maximum Gasteiger partial charge on any atom is 0.294 e. The summed E-state index contributed by atoms with van der Waals surface area (Å²) in [4.78, 5) is 40.1. The molecule has 5 aromatic rings. The second-order valence-corrected chi connectivity index (χ2v) is 11.1. The van der Waals surface area contributed by atoms with Gasteiger partial charge in [-0.25, -0.2) is 0 Å². The Bertz CT molecular complexity index is 1930. The third-order valence-electron chi connectivity index (χ3n) is 7.27. The number of anilines is 1. The fraction of sp³-hybridized carbons (Fsp3) is 0.121. The van der Waals surface area contributed by atoms with Crippen molar-refractivity contribution in [2.45, 2.75) is 6.54 Å². The highest BCUT2D eigenvalue weighted by atomic mass is 32.2. The summed E-state index contributed by atoms with van der Waals surface area (Å²) in [6, 6.07) is 27.7. The summed E-state index contributed by atoms with van der Waals surface area (Å²) in [5.74, 6) is 0.165. The predicted octanol–water partition coefficient (Wildman–Crippen LogP) is 6.29. The van der Waals surface area contributed by atoms with Crippen LogP contribution < -0.4 is 14.8 Å². The number of para-hydroxylation sites is 1. The van der Waals surface area contributed by atoms with E-state index >= 15 is 0 Å². The summed E-state index contributed by atoms with van der Waals surface area (Å²) < 4.78 is 13.2. The Morgan fingerprint density at radius 3 is 2.55 bits per heavy atom. The molecule has 0 spiro atoms. The largest absolute Gasteiger partial charge is 0.486 e. The van der Waals surface area contributed by atoms with Crippen molar-refractivity contribution in [1.29, 1.82) is 0 Å². The van der Waals surface area contributed by atoms with Gasteiger partial charge in [0.15, 0.2) is 11.5 Å². The average Bonchev–Trinajstić information content (AvgIpc) is 3.48. The van der Waals surface area contributed by atoms with Crippen LogP contribution in [0.5, 0.6) is 11.5 Å². The Labute approximate surface area is 245 Å². The summed E-state index contributed by atoms with van der Waals surface area (Å²) in [5, 5.41) is 5.59. The average molecular weight is 576 g/mol. The van der Waals surface area contributed by atoms with Gasteiger partial charge in [-0.3, -0.25) is 19.3 Å². The zero-order valence-electron chi connectivity index (χ0n) is 22.4. The second-order valence-electron chi connectivity index (χ2n) is 10.1. The molecule has 7 rings (SSSR count). The maximum atomic E-state index is 13.3. The molecule has 3 heterocycles. The number of nitrogens with one attached hydrogen (secondary N) is 1. The van der Waals surface area contributed by atoms with Gasteiger partial charge in [0.1, 0.15) is 19.8 Å². The molecule has 0 bridgehead atoms. The topological polar surface area (TPSA) is 89.9 Å². The highest BCUT2D eigenvalue weighted by Crippen LogP contribution is 2.35. The van der Waals surface area contributed by atoms with Gasteiger partial charge >= 0.3 is 0 Å². The lowest BCUT2D eigenvalue weighted by molar-refractivity contribution is -0.127. The van der Waals surface area contributed by atoms with Crippen molar-refractivity contribution in [3.8, 4) is 11.5 Å². The van der Waals surface area contributed by atoms with E-state index in [-0.39, 0.29) is 11.4 Å². The van der Waals surface area contributed by atoms with Crippen molar-refractivity contribution in [2.75, 3.05) is 25.1 Å². The number of carbonyl (C=O) groups excluding carboxylic acids is 3. The lowest BCUT2D eigenvalue weighted by Gasteiger charge is -2.19. The number of benzene rings is 4. The first kappa shape index (κ1) is 25.9. The van der Waals surface area contributed by atoms with Crippen LogP contribution in [0.25, 0.3) is 27.8 Å². The summed E-state index contributed by atoms with van der Waals surface area (Å²) in [6.07, 6.45) is 3.74. The smallest absolute Gasteiger partial charge is 0.294 e. The van der Waals surface area contributed by atoms with Gasteiger partial charge in [0.05, 0.1) is 4.91 Å². The molecule has 0 atom stereocenters. The van der Waals surface area contributed by atoms with E-state index in [1.165, 1.54) is 10.8 Å². The van der Waals surface area contributed by atoms with Gasteiger partial charge in [0.2, 0.25) is 5.91 Å². The van der Waals surface area contributed by atoms with E-state index in [1.807, 2.05) is 42.6 Å². The predicted molar refractivity (Wildman–Crippen MR) is 164 cm³/mol. The highest BCUT2D eigenvalue weighted by molar-refractivity contribution is 8.18. The Balaban J connectivity index is 1.10. The minimum Gasteiger partial charge on any atom is -0.486 e. The van der Waals surface area contributed by atoms with E-state index in [4.69, 9.17) is 9.47 Å². The number of aromatic nitrogens is 1. The van der Waals surface area contributed by atoms with Gasteiger partial charge in [-0.15, -0.1) is 0 Å². The van der Waals surface area contributed by atoms with E-state index in [2.05, 4.69) is 40.2 Å². The number of hydrogen-bond acceptors (Lipinski definition) is 6. The molecule has 2 aliphatic rings. The molecule has 1 saturated heterocycles. The summed E-state index contributed by atoms with van der Waals surface area (Å²) in [5.41, 5.74) is 3.50. The molecule has 4 aromatic carbocycles. The molecule has 0 saturated carbocycles. The number of fused-ring (bicyclic) bond motifs is 3. The summed E-state index contributed by atoms with van der Waals surface area (Å²) >= 11 is 0.839. The number of hydrogen-bond donors (Lipinski definition) is 1. The van der Waals surface area contributed by atoms with Gasteiger partial charge in [-0.1, -0.05) is 54.6 Å². The van der Waals surface area contributed by atoms with Crippen molar-refractivity contribution in [3.63, 3.8) is 0 Å². The zero-order chi connectivity index (χ0) is 28.6. The molecular formula is C33H25N3O5S. The fourth-order valence-electron chi connectivity index (χ4n) is 5.30. The van der Waals surface area contributed by atoms with Crippen LogP contribution >= 0.6 is 11.8 Å². The summed E-state index contributed by atoms with van der Waals surface area (Å²) in [7, 11) is 0. The van der Waals surface area contributed by atoms with Crippen LogP contribution in [-0.4, -0.2) is 46.3 Å². The normalized spacial score (nSPS) is 15.6. The minimum atomic E-state index is -0.492. The van der Waals surface area contributed by atoms with Gasteiger partial charge in [0, 0.05) is 41.0 Å². The molecule has 42 heavy (non-hydrogen) atoms. The Hall–Kier alpha value is -5.02. The third kappa shape index (κ3) is 4.99. The van der Waals surface area contributed by atoms with Crippen molar-refractivity contribution in [2.24, 2.45) is 0 Å². The third-order valence-corrected chi connectivity index (χ3v) is 8.18. The first-order valence-electron chi connectivity index (χ1n) is 13.5. The number of thioether (sulfide) groups is 1. The van der Waals surface area contributed by atoms with Crippen LogP contribution in [0.4, 0.5) is 10.5 Å². The first-order chi connectivity index (χ1) is 20.5. The molecule has 1 aromatic heterocycles. The quantitative estimate of drug-likeness (QED) is 0.240. The van der Waals surface area contributed by atoms with Crippen molar-refractivity contribution < 1.29 is 23.9 Å². The Morgan fingerprint density at radius 1 is 0.881 bits per heavy atom. The Kier molecular flexibility index (Phi) is 6.64. The molecule has 1 fully saturated rings. The highest BCUT2D eigenvalue weighted by Gasteiger charge is 2.36. The van der Waals surface area contributed by atoms with Gasteiger partial charge in [0.25, 0.3) is 11.1 Å². The molecule has 2 aliphatic heterocycles. The van der Waals surface area contributed by atoms with Crippen molar-refractivity contribution >= 4 is 62.3 Å². The molecule has 208 valence electrons. The molecule has 0 aliphatic carbocycles.